The van der Waals surface area contributed by atoms with Crippen LogP contribution in [0.1, 0.15) is 83.5 Å². The van der Waals surface area contributed by atoms with E-state index in [2.05, 4.69) is 35.9 Å². The first-order chi connectivity index (χ1) is 31.6. The Balaban J connectivity index is 0.000000181. The number of carbonyl (C=O) groups excluding carboxylic acids is 3. The minimum absolute atomic E-state index is 0. The fourth-order valence-electron chi connectivity index (χ4n) is 8.48. The van der Waals surface area contributed by atoms with Gasteiger partial charge in [0.25, 0.3) is 5.91 Å². The number of carboxylic acid groups (broad SMARTS) is 1. The maximum atomic E-state index is 12.9. The van der Waals surface area contributed by atoms with E-state index in [9.17, 15) is 19.2 Å². The summed E-state index contributed by atoms with van der Waals surface area (Å²) in [5.41, 5.74) is 4.57. The number of amides is 3. The molecule has 0 unspecified atom stereocenters. The quantitative estimate of drug-likeness (QED) is 0.107. The highest BCUT2D eigenvalue weighted by atomic mass is 35.5. The second kappa shape index (κ2) is 23.4. The number of halogens is 2. The third kappa shape index (κ3) is 12.2. The number of carboxylic acids is 1. The number of fused-ring (bicyclic) bond motifs is 2. The number of aromatic carboxylic acids is 1. The lowest BCUT2D eigenvalue weighted by Gasteiger charge is -2.32. The molecule has 356 valence electrons. The second-order valence-corrected chi connectivity index (χ2v) is 17.2. The van der Waals surface area contributed by atoms with Crippen molar-refractivity contribution in [3.05, 3.63) is 120 Å². The van der Waals surface area contributed by atoms with Crippen molar-refractivity contribution in [3.8, 4) is 0 Å². The van der Waals surface area contributed by atoms with E-state index in [0.29, 0.717) is 61.2 Å². The largest absolute Gasteiger partial charge is 0.478 e. The van der Waals surface area contributed by atoms with Crippen molar-refractivity contribution in [2.24, 2.45) is 11.8 Å². The molecule has 6 aromatic heterocycles. The van der Waals surface area contributed by atoms with Gasteiger partial charge in [-0.3, -0.25) is 14.4 Å². The van der Waals surface area contributed by atoms with Crippen molar-refractivity contribution in [1.82, 2.24) is 48.8 Å². The molecule has 4 N–H and O–H groups in total. The van der Waals surface area contributed by atoms with E-state index in [1.807, 2.05) is 105 Å². The maximum Gasteiger partial charge on any atom is 0.337 e. The SMILES string of the molecule is CN(C(=O)C1CCC1)[C@H]1CCN(C(=O)c2ccc(NCc3cnc4ccccn34)nc2)C1.CN(C(=O)C1CCC1)[C@H]1CCNC1.Cl.Cl.O=C(O)c1ccc(NCc2cnc3ccccn23)nc1. The smallest absolute Gasteiger partial charge is 0.337 e. The Morgan fingerprint density at radius 2 is 1.18 bits per heavy atom. The van der Waals surface area contributed by atoms with Gasteiger partial charge >= 0.3 is 5.97 Å². The number of aromatic nitrogens is 6. The van der Waals surface area contributed by atoms with E-state index in [1.54, 1.807) is 18.5 Å². The lowest BCUT2D eigenvalue weighted by atomic mass is 9.84. The number of pyridine rings is 4. The molecule has 6 aromatic rings. The number of nitrogens with one attached hydrogen (secondary N) is 3. The van der Waals surface area contributed by atoms with Crippen LogP contribution in [0.3, 0.4) is 0 Å². The monoisotopic (exact) mass is 954 g/mol. The Morgan fingerprint density at radius 3 is 1.63 bits per heavy atom. The number of hydrogen-bond acceptors (Lipinski definition) is 11. The average Bonchev–Trinajstić information content (AvgIpc) is 4.15. The fraction of sp³-hybridized carbons (Fsp3) is 0.417. The van der Waals surface area contributed by atoms with Crippen molar-refractivity contribution in [3.63, 3.8) is 0 Å². The first-order valence-corrected chi connectivity index (χ1v) is 22.6. The van der Waals surface area contributed by atoms with Crippen LogP contribution in [0.25, 0.3) is 11.3 Å². The van der Waals surface area contributed by atoms with Gasteiger partial charge in [-0.25, -0.2) is 24.7 Å². The first-order valence-electron chi connectivity index (χ1n) is 22.6. The van der Waals surface area contributed by atoms with E-state index in [-0.39, 0.29) is 54.2 Å². The molecule has 3 amide bonds. The summed E-state index contributed by atoms with van der Waals surface area (Å²) in [4.78, 5) is 70.8. The van der Waals surface area contributed by atoms with Gasteiger partial charge in [0.05, 0.1) is 54.0 Å². The van der Waals surface area contributed by atoms with Gasteiger partial charge in [0.1, 0.15) is 22.9 Å². The Labute approximate surface area is 402 Å². The molecule has 0 aromatic carbocycles. The predicted molar refractivity (Wildman–Crippen MR) is 261 cm³/mol. The van der Waals surface area contributed by atoms with Gasteiger partial charge in [0.2, 0.25) is 11.8 Å². The molecule has 2 atom stereocenters. The Bertz CT molecular complexity index is 2580. The topological polar surface area (TPSA) is 195 Å². The molecule has 2 aliphatic carbocycles. The lowest BCUT2D eigenvalue weighted by Crippen LogP contribution is -2.44. The van der Waals surface area contributed by atoms with Crippen LogP contribution in [0.5, 0.6) is 0 Å². The highest BCUT2D eigenvalue weighted by molar-refractivity contribution is 5.94. The average molecular weight is 956 g/mol. The summed E-state index contributed by atoms with van der Waals surface area (Å²) in [6.45, 7) is 4.44. The number of rotatable bonds is 12. The molecule has 17 nitrogen and oxygen atoms in total. The summed E-state index contributed by atoms with van der Waals surface area (Å²) >= 11 is 0. The van der Waals surface area contributed by atoms with Gasteiger partial charge in [-0.1, -0.05) is 25.0 Å². The zero-order valence-electron chi connectivity index (χ0n) is 37.9. The second-order valence-electron chi connectivity index (χ2n) is 17.2. The summed E-state index contributed by atoms with van der Waals surface area (Å²) in [5, 5.41) is 18.5. The van der Waals surface area contributed by atoms with E-state index in [4.69, 9.17) is 5.11 Å². The van der Waals surface area contributed by atoms with Crippen LogP contribution in [-0.2, 0) is 22.7 Å². The normalized spacial score (nSPS) is 17.6. The van der Waals surface area contributed by atoms with Crippen LogP contribution in [0.2, 0.25) is 0 Å². The molecule has 4 fully saturated rings. The van der Waals surface area contributed by atoms with Gasteiger partial charge in [0, 0.05) is 76.4 Å². The van der Waals surface area contributed by atoms with Crippen molar-refractivity contribution in [2.45, 2.75) is 76.5 Å². The number of likely N-dealkylation sites (N-methyl/N-ethyl adjacent to an activating group) is 2. The summed E-state index contributed by atoms with van der Waals surface area (Å²) in [5.74, 6) is 1.47. The number of hydrogen-bond donors (Lipinski definition) is 4. The molecule has 2 saturated heterocycles. The third-order valence-corrected chi connectivity index (χ3v) is 13.1. The van der Waals surface area contributed by atoms with E-state index in [1.165, 1.54) is 18.7 Å². The lowest BCUT2D eigenvalue weighted by molar-refractivity contribution is -0.139. The predicted octanol–water partition coefficient (Wildman–Crippen LogP) is 6.30. The summed E-state index contributed by atoms with van der Waals surface area (Å²) in [6.07, 6.45) is 19.1. The maximum absolute atomic E-state index is 12.9. The highest BCUT2D eigenvalue weighted by Gasteiger charge is 2.36. The van der Waals surface area contributed by atoms with E-state index in [0.717, 1.165) is 80.7 Å². The van der Waals surface area contributed by atoms with Crippen molar-refractivity contribution < 1.29 is 24.3 Å². The molecule has 0 bridgehead atoms. The van der Waals surface area contributed by atoms with Crippen molar-refractivity contribution in [1.29, 1.82) is 0 Å². The molecule has 0 spiro atoms. The Kier molecular flexibility index (Phi) is 17.5. The minimum Gasteiger partial charge on any atom is -0.478 e. The Hall–Kier alpha value is -6.30. The van der Waals surface area contributed by atoms with Crippen LogP contribution in [0.15, 0.2) is 97.8 Å². The standard InChI is InChI=1S/C24H28N6O2.C14H12N4O2.C10H18N2O.2ClH/c1-28(23(31)17-5-4-6-17)19-10-12-29(16-19)24(32)18-8-9-21(25-13-18)26-14-20-15-27-22-7-2-3-11-30(20)22;19-14(20)10-4-5-12(15-7-10)16-8-11-9-17-13-3-1-2-6-18(11)13;1-12(9-5-6-11-7-9)10(13)8-3-2-4-8;;/h2-3,7-9,11,13,15,17,19H,4-6,10,12,14,16H2,1H3,(H,25,26);1-7,9H,8H2,(H,15,16)(H,19,20);8-9,11H,2-7H2,1H3;2*1H/t19-;;9-;;/m0.0../s1. The van der Waals surface area contributed by atoms with Crippen LogP contribution in [0.4, 0.5) is 11.6 Å². The summed E-state index contributed by atoms with van der Waals surface area (Å²) in [7, 11) is 3.84. The molecule has 19 heteroatoms. The fourth-order valence-corrected chi connectivity index (χ4v) is 8.48. The van der Waals surface area contributed by atoms with E-state index >= 15 is 0 Å². The van der Waals surface area contributed by atoms with Crippen LogP contribution >= 0.6 is 24.8 Å². The summed E-state index contributed by atoms with van der Waals surface area (Å²) in [6, 6.07) is 19.1. The van der Waals surface area contributed by atoms with Crippen LogP contribution in [-0.4, -0.2) is 125 Å². The number of carbonyl (C=O) groups is 4. The molecule has 4 aliphatic rings. The molecule has 2 aliphatic heterocycles. The third-order valence-electron chi connectivity index (χ3n) is 13.1. The zero-order chi connectivity index (χ0) is 45.3. The van der Waals surface area contributed by atoms with Crippen LogP contribution in [0, 0.1) is 11.8 Å². The molecular formula is C48H60Cl2N12O5. The molecule has 2 saturated carbocycles. The molecule has 8 heterocycles. The first kappa shape index (κ1) is 50.1. The van der Waals surface area contributed by atoms with Gasteiger partial charge < -0.3 is 44.6 Å². The summed E-state index contributed by atoms with van der Waals surface area (Å²) < 4.78 is 4.01. The van der Waals surface area contributed by atoms with Gasteiger partial charge in [-0.15, -0.1) is 24.8 Å². The minimum atomic E-state index is -0.981. The van der Waals surface area contributed by atoms with Gasteiger partial charge in [0.15, 0.2) is 0 Å². The number of likely N-dealkylation sites (tertiary alicyclic amines) is 1. The zero-order valence-corrected chi connectivity index (χ0v) is 39.5. The van der Waals surface area contributed by atoms with E-state index < -0.39 is 5.97 Å². The molecule has 0 radical (unpaired) electrons. The van der Waals surface area contributed by atoms with Gasteiger partial charge in [-0.2, -0.15) is 0 Å². The molecule has 10 rings (SSSR count). The highest BCUT2D eigenvalue weighted by Crippen LogP contribution is 2.30. The Morgan fingerprint density at radius 1 is 0.657 bits per heavy atom. The van der Waals surface area contributed by atoms with Crippen LogP contribution < -0.4 is 16.0 Å². The number of anilines is 2. The molecular weight excluding hydrogens is 896 g/mol. The van der Waals surface area contributed by atoms with Crippen molar-refractivity contribution >= 4 is 71.4 Å². The van der Waals surface area contributed by atoms with Crippen molar-refractivity contribution in [2.75, 3.05) is 50.9 Å². The number of imidazole rings is 2. The van der Waals surface area contributed by atoms with Gasteiger partial charge in [-0.05, 0) is 93.6 Å². The number of nitrogens with zero attached hydrogens (tertiary/aromatic N) is 9. The molecule has 67 heavy (non-hydrogen) atoms.